The number of fused-ring (bicyclic) bond motifs is 2. The van der Waals surface area contributed by atoms with Crippen molar-refractivity contribution in [3.8, 4) is 5.75 Å². The average Bonchev–Trinajstić information content (AvgIpc) is 2.80. The van der Waals surface area contributed by atoms with Crippen LogP contribution in [0.5, 0.6) is 5.75 Å². The minimum absolute atomic E-state index is 0.141. The number of hydrogen-bond acceptors (Lipinski definition) is 3. The van der Waals surface area contributed by atoms with Crippen LogP contribution in [0.2, 0.25) is 0 Å². The first-order valence-electron chi connectivity index (χ1n) is 7.53. The van der Waals surface area contributed by atoms with Crippen LogP contribution in [0.25, 0.3) is 11.0 Å². The summed E-state index contributed by atoms with van der Waals surface area (Å²) in [5.74, 6) is -0.160. The van der Waals surface area contributed by atoms with Gasteiger partial charge in [0, 0.05) is 11.1 Å². The van der Waals surface area contributed by atoms with Crippen LogP contribution in [-0.4, -0.2) is 33.9 Å². The number of carbonyl (C=O) groups is 1. The molecule has 0 saturated heterocycles. The topological polar surface area (TPSA) is 78.2 Å². The van der Waals surface area contributed by atoms with Gasteiger partial charge in [0.15, 0.2) is 0 Å². The molecule has 1 amide bonds. The number of carbonyl (C=O) groups excluding carboxylic acids is 1. The van der Waals surface area contributed by atoms with Crippen molar-refractivity contribution < 1.29 is 13.9 Å². The van der Waals surface area contributed by atoms with Crippen molar-refractivity contribution in [1.82, 2.24) is 14.9 Å². The van der Waals surface area contributed by atoms with E-state index in [4.69, 9.17) is 4.74 Å². The molecule has 122 valence electrons. The molecule has 2 N–H and O–H groups in total. The fourth-order valence-corrected chi connectivity index (χ4v) is 2.88. The molecule has 4 rings (SSSR count). The van der Waals surface area contributed by atoms with Gasteiger partial charge in [-0.15, -0.1) is 0 Å². The van der Waals surface area contributed by atoms with E-state index in [1.54, 1.807) is 35.2 Å². The van der Waals surface area contributed by atoms with Gasteiger partial charge in [0.1, 0.15) is 18.2 Å². The van der Waals surface area contributed by atoms with Gasteiger partial charge in [0.2, 0.25) is 0 Å². The lowest BCUT2D eigenvalue weighted by Gasteiger charge is -2.20. The third-order valence-electron chi connectivity index (χ3n) is 4.09. The number of H-pyrrole nitrogens is 2. The third kappa shape index (κ3) is 2.44. The van der Waals surface area contributed by atoms with Crippen LogP contribution in [0.3, 0.4) is 0 Å². The molecule has 1 aliphatic rings. The van der Waals surface area contributed by atoms with Crippen molar-refractivity contribution in [2.45, 2.75) is 6.54 Å². The second-order valence-electron chi connectivity index (χ2n) is 5.63. The number of benzene rings is 2. The van der Waals surface area contributed by atoms with Crippen LogP contribution in [0, 0.1) is 5.82 Å². The SMILES string of the molecule is O=C(c1ccc2[nH]c(=O)[nH]c2c1)N1CCOc2cccc(F)c2C1. The number of amides is 1. The Morgan fingerprint density at radius 1 is 1.17 bits per heavy atom. The Morgan fingerprint density at radius 3 is 2.88 bits per heavy atom. The number of hydrogen-bond donors (Lipinski definition) is 2. The number of aromatic amines is 2. The van der Waals surface area contributed by atoms with Crippen LogP contribution < -0.4 is 10.4 Å². The summed E-state index contributed by atoms with van der Waals surface area (Å²) in [4.78, 5) is 30.9. The molecule has 0 saturated carbocycles. The van der Waals surface area contributed by atoms with Crippen LogP contribution >= 0.6 is 0 Å². The lowest BCUT2D eigenvalue weighted by molar-refractivity contribution is 0.0732. The van der Waals surface area contributed by atoms with Crippen molar-refractivity contribution in [3.63, 3.8) is 0 Å². The molecule has 2 aromatic carbocycles. The summed E-state index contributed by atoms with van der Waals surface area (Å²) >= 11 is 0. The minimum atomic E-state index is -0.391. The Labute approximate surface area is 135 Å². The predicted molar refractivity (Wildman–Crippen MR) is 85.6 cm³/mol. The summed E-state index contributed by atoms with van der Waals surface area (Å²) in [6.07, 6.45) is 0. The second-order valence-corrected chi connectivity index (χ2v) is 5.63. The largest absolute Gasteiger partial charge is 0.491 e. The van der Waals surface area contributed by atoms with Gasteiger partial charge >= 0.3 is 5.69 Å². The highest BCUT2D eigenvalue weighted by Crippen LogP contribution is 2.26. The van der Waals surface area contributed by atoms with E-state index < -0.39 is 5.82 Å². The first-order chi connectivity index (χ1) is 11.6. The zero-order valence-electron chi connectivity index (χ0n) is 12.6. The minimum Gasteiger partial charge on any atom is -0.491 e. The van der Waals surface area contributed by atoms with Crippen LogP contribution in [0.4, 0.5) is 4.39 Å². The highest BCUT2D eigenvalue weighted by molar-refractivity contribution is 5.97. The molecule has 0 radical (unpaired) electrons. The molecule has 2 heterocycles. The number of imidazole rings is 1. The summed E-state index contributed by atoms with van der Waals surface area (Å²) in [6.45, 7) is 0.794. The lowest BCUT2D eigenvalue weighted by atomic mass is 10.1. The standard InChI is InChI=1S/C17H14FN3O3/c18-12-2-1-3-15-11(12)9-21(6-7-24-15)16(22)10-4-5-13-14(8-10)20-17(23)19-13/h1-5,8H,6-7,9H2,(H2,19,20,23). The molecule has 7 heteroatoms. The van der Waals surface area contributed by atoms with Gasteiger partial charge in [-0.2, -0.15) is 0 Å². The third-order valence-corrected chi connectivity index (χ3v) is 4.09. The Morgan fingerprint density at radius 2 is 2.00 bits per heavy atom. The highest BCUT2D eigenvalue weighted by Gasteiger charge is 2.23. The molecule has 1 aromatic heterocycles. The summed E-state index contributed by atoms with van der Waals surface area (Å²) in [6, 6.07) is 9.56. The number of nitrogens with zero attached hydrogens (tertiary/aromatic N) is 1. The van der Waals surface area contributed by atoms with Crippen LogP contribution in [0.15, 0.2) is 41.2 Å². The zero-order valence-corrected chi connectivity index (χ0v) is 12.6. The highest BCUT2D eigenvalue weighted by atomic mass is 19.1. The summed E-state index contributed by atoms with van der Waals surface area (Å²) < 4.78 is 19.6. The van der Waals surface area contributed by atoms with Gasteiger partial charge in [-0.3, -0.25) is 4.79 Å². The Bertz CT molecular complexity index is 992. The number of nitrogens with one attached hydrogen (secondary N) is 2. The first kappa shape index (κ1) is 14.5. The van der Waals surface area contributed by atoms with Gasteiger partial charge < -0.3 is 19.6 Å². The van der Waals surface area contributed by atoms with Gasteiger partial charge in [0.25, 0.3) is 5.91 Å². The molecule has 1 aliphatic heterocycles. The predicted octanol–water partition coefficient (Wildman–Crippen LogP) is 2.03. The monoisotopic (exact) mass is 327 g/mol. The van der Waals surface area contributed by atoms with Crippen molar-refractivity contribution >= 4 is 16.9 Å². The van der Waals surface area contributed by atoms with Crippen LogP contribution in [-0.2, 0) is 6.54 Å². The fraction of sp³-hybridized carbons (Fsp3) is 0.176. The quantitative estimate of drug-likeness (QED) is 0.718. The molecule has 6 nitrogen and oxygen atoms in total. The number of rotatable bonds is 1. The summed E-state index contributed by atoms with van der Waals surface area (Å²) in [5, 5.41) is 0. The van der Waals surface area contributed by atoms with E-state index >= 15 is 0 Å². The Balaban J connectivity index is 1.67. The second kappa shape index (κ2) is 5.52. The van der Waals surface area contributed by atoms with Crippen molar-refractivity contribution in [2.75, 3.05) is 13.2 Å². The molecule has 0 atom stereocenters. The molecule has 0 bridgehead atoms. The van der Waals surface area contributed by atoms with E-state index in [2.05, 4.69) is 9.97 Å². The van der Waals surface area contributed by atoms with E-state index in [0.29, 0.717) is 41.1 Å². The van der Waals surface area contributed by atoms with E-state index in [9.17, 15) is 14.0 Å². The molecule has 0 unspecified atom stereocenters. The summed E-state index contributed by atoms with van der Waals surface area (Å²) in [5.41, 5.74) is 1.67. The van der Waals surface area contributed by atoms with Crippen molar-refractivity contribution in [3.05, 3.63) is 63.8 Å². The van der Waals surface area contributed by atoms with Gasteiger partial charge in [0.05, 0.1) is 24.1 Å². The molecule has 0 fully saturated rings. The summed E-state index contributed by atoms with van der Waals surface area (Å²) in [7, 11) is 0. The smallest absolute Gasteiger partial charge is 0.323 e. The van der Waals surface area contributed by atoms with Crippen molar-refractivity contribution in [2.24, 2.45) is 0 Å². The van der Waals surface area contributed by atoms with E-state index in [1.165, 1.54) is 6.07 Å². The van der Waals surface area contributed by atoms with E-state index in [1.807, 2.05) is 0 Å². The maximum absolute atomic E-state index is 14.0. The van der Waals surface area contributed by atoms with Gasteiger partial charge in [-0.1, -0.05) is 6.07 Å². The average molecular weight is 327 g/mol. The van der Waals surface area contributed by atoms with E-state index in [-0.39, 0.29) is 18.1 Å². The van der Waals surface area contributed by atoms with E-state index in [0.717, 1.165) is 0 Å². The van der Waals surface area contributed by atoms with Gasteiger partial charge in [-0.05, 0) is 30.3 Å². The molecular weight excluding hydrogens is 313 g/mol. The number of aromatic nitrogens is 2. The Kier molecular flexibility index (Phi) is 3.34. The molecule has 0 aliphatic carbocycles. The zero-order chi connectivity index (χ0) is 16.7. The molecule has 0 spiro atoms. The lowest BCUT2D eigenvalue weighted by Crippen LogP contribution is -2.32. The fourth-order valence-electron chi connectivity index (χ4n) is 2.88. The van der Waals surface area contributed by atoms with Crippen molar-refractivity contribution in [1.29, 1.82) is 0 Å². The maximum Gasteiger partial charge on any atom is 0.323 e. The molecule has 24 heavy (non-hydrogen) atoms. The number of halogens is 1. The van der Waals surface area contributed by atoms with Gasteiger partial charge in [-0.25, -0.2) is 9.18 Å². The maximum atomic E-state index is 14.0. The normalized spacial score (nSPS) is 14.1. The molecule has 3 aromatic rings. The Hall–Kier alpha value is -3.09. The number of ether oxygens (including phenoxy) is 1. The first-order valence-corrected chi connectivity index (χ1v) is 7.53. The molecular formula is C17H14FN3O3. The van der Waals surface area contributed by atoms with Crippen LogP contribution in [0.1, 0.15) is 15.9 Å².